The lowest BCUT2D eigenvalue weighted by molar-refractivity contribution is -0.119. The molecular weight excluding hydrogens is 190 g/mol. The Balaban J connectivity index is 2.44. The molecule has 2 unspecified atom stereocenters. The molecule has 1 amide bonds. The molecule has 80 valence electrons. The van der Waals surface area contributed by atoms with Crippen LogP contribution in [0.25, 0.3) is 0 Å². The van der Waals surface area contributed by atoms with Gasteiger partial charge in [-0.15, -0.1) is 0 Å². The predicted molar refractivity (Wildman–Crippen MR) is 57.7 cm³/mol. The summed E-state index contributed by atoms with van der Waals surface area (Å²) in [7, 11) is 0. The van der Waals surface area contributed by atoms with E-state index in [1.165, 1.54) is 0 Å². The van der Waals surface area contributed by atoms with Gasteiger partial charge in [0.25, 0.3) is 0 Å². The number of nitrogens with two attached hydrogens (primary N) is 1. The molecule has 1 aliphatic heterocycles. The second-order valence-corrected chi connectivity index (χ2v) is 4.32. The van der Waals surface area contributed by atoms with Gasteiger partial charge >= 0.3 is 0 Å². The molecule has 2 N–H and O–H groups in total. The maximum Gasteiger partial charge on any atom is 0.218 e. The van der Waals surface area contributed by atoms with Gasteiger partial charge in [0.05, 0.1) is 0 Å². The van der Waals surface area contributed by atoms with Gasteiger partial charge in [-0.1, -0.05) is 25.1 Å². The van der Waals surface area contributed by atoms with Crippen LogP contribution in [-0.2, 0) is 10.2 Å². The summed E-state index contributed by atoms with van der Waals surface area (Å²) in [6.45, 7) is 4.00. The highest BCUT2D eigenvalue weighted by Crippen LogP contribution is 2.44. The van der Waals surface area contributed by atoms with Gasteiger partial charge in [0, 0.05) is 17.4 Å². The third-order valence-corrected chi connectivity index (χ3v) is 3.24. The van der Waals surface area contributed by atoms with Gasteiger partial charge in [0.15, 0.2) is 0 Å². The highest BCUT2D eigenvalue weighted by atomic mass is 16.5. The van der Waals surface area contributed by atoms with E-state index in [0.717, 1.165) is 11.3 Å². The molecule has 0 spiro atoms. The van der Waals surface area contributed by atoms with Crippen LogP contribution in [0.15, 0.2) is 24.3 Å². The van der Waals surface area contributed by atoms with Gasteiger partial charge in [-0.25, -0.2) is 0 Å². The van der Waals surface area contributed by atoms with Gasteiger partial charge in [0.2, 0.25) is 5.91 Å². The summed E-state index contributed by atoms with van der Waals surface area (Å²) >= 11 is 0. The average molecular weight is 205 g/mol. The number of carbonyl (C=O) groups is 1. The predicted octanol–water partition coefficient (Wildman–Crippen LogP) is 1.60. The van der Waals surface area contributed by atoms with Crippen molar-refractivity contribution in [1.29, 1.82) is 0 Å². The molecule has 0 radical (unpaired) electrons. The smallest absolute Gasteiger partial charge is 0.218 e. The Morgan fingerprint density at radius 3 is 2.87 bits per heavy atom. The summed E-state index contributed by atoms with van der Waals surface area (Å²) in [4.78, 5) is 11.1. The molecule has 2 rings (SSSR count). The number of fused-ring (bicyclic) bond motifs is 1. The lowest BCUT2D eigenvalue weighted by atomic mass is 9.76. The average Bonchev–Trinajstić information content (AvgIpc) is 2.39. The fraction of sp³-hybridized carbons (Fsp3) is 0.417. The second kappa shape index (κ2) is 3.26. The van der Waals surface area contributed by atoms with Crippen molar-refractivity contribution in [2.24, 2.45) is 5.73 Å². The lowest BCUT2D eigenvalue weighted by Gasteiger charge is -2.26. The Morgan fingerprint density at radius 1 is 1.53 bits per heavy atom. The molecule has 1 heterocycles. The van der Waals surface area contributed by atoms with E-state index < -0.39 is 0 Å². The van der Waals surface area contributed by atoms with E-state index in [-0.39, 0.29) is 17.4 Å². The molecule has 3 heteroatoms. The van der Waals surface area contributed by atoms with Gasteiger partial charge in [-0.2, -0.15) is 0 Å². The molecule has 0 saturated carbocycles. The van der Waals surface area contributed by atoms with Crippen LogP contribution in [0.1, 0.15) is 25.8 Å². The minimum absolute atomic E-state index is 0.0117. The quantitative estimate of drug-likeness (QED) is 0.797. The standard InChI is InChI=1S/C12H15NO2/c1-8-12(2,7-11(13)14)9-5-3-4-6-10(9)15-8/h3-6,8H,7H2,1-2H3,(H2,13,14). The Morgan fingerprint density at radius 2 is 2.20 bits per heavy atom. The van der Waals surface area contributed by atoms with Gasteiger partial charge in [0.1, 0.15) is 11.9 Å². The number of hydrogen-bond acceptors (Lipinski definition) is 2. The van der Waals surface area contributed by atoms with E-state index in [2.05, 4.69) is 0 Å². The first-order chi connectivity index (χ1) is 7.04. The third kappa shape index (κ3) is 1.48. The van der Waals surface area contributed by atoms with Gasteiger partial charge in [-0.3, -0.25) is 4.79 Å². The highest BCUT2D eigenvalue weighted by Gasteiger charge is 2.43. The zero-order valence-electron chi connectivity index (χ0n) is 8.99. The fourth-order valence-corrected chi connectivity index (χ4v) is 2.18. The highest BCUT2D eigenvalue weighted by molar-refractivity contribution is 5.76. The molecule has 0 aliphatic carbocycles. The topological polar surface area (TPSA) is 52.3 Å². The van der Waals surface area contributed by atoms with Crippen LogP contribution >= 0.6 is 0 Å². The van der Waals surface area contributed by atoms with Crippen molar-refractivity contribution >= 4 is 5.91 Å². The molecule has 15 heavy (non-hydrogen) atoms. The Hall–Kier alpha value is -1.51. The first kappa shape index (κ1) is 10.0. The van der Waals surface area contributed by atoms with Crippen LogP contribution < -0.4 is 10.5 Å². The van der Waals surface area contributed by atoms with Crippen molar-refractivity contribution in [2.75, 3.05) is 0 Å². The number of carbonyl (C=O) groups excluding carboxylic acids is 1. The molecule has 0 aromatic heterocycles. The SMILES string of the molecule is CC1Oc2ccccc2C1(C)CC(N)=O. The zero-order chi connectivity index (χ0) is 11.1. The number of hydrogen-bond donors (Lipinski definition) is 1. The van der Waals surface area contributed by atoms with E-state index in [9.17, 15) is 4.79 Å². The number of benzene rings is 1. The normalized spacial score (nSPS) is 28.3. The van der Waals surface area contributed by atoms with Crippen molar-refractivity contribution in [3.05, 3.63) is 29.8 Å². The minimum Gasteiger partial charge on any atom is -0.489 e. The molecule has 1 aromatic rings. The summed E-state index contributed by atoms with van der Waals surface area (Å²) in [5.41, 5.74) is 6.07. The van der Waals surface area contributed by atoms with E-state index in [1.807, 2.05) is 38.1 Å². The van der Waals surface area contributed by atoms with Crippen LogP contribution in [0, 0.1) is 0 Å². The summed E-state index contributed by atoms with van der Waals surface area (Å²) in [5, 5.41) is 0. The van der Waals surface area contributed by atoms with Gasteiger partial charge < -0.3 is 10.5 Å². The number of amides is 1. The molecular formula is C12H15NO2. The molecule has 2 atom stereocenters. The lowest BCUT2D eigenvalue weighted by Crippen LogP contribution is -2.37. The van der Waals surface area contributed by atoms with Crippen LogP contribution in [0.2, 0.25) is 0 Å². The zero-order valence-corrected chi connectivity index (χ0v) is 8.99. The summed E-state index contributed by atoms with van der Waals surface area (Å²) in [5.74, 6) is 0.582. The van der Waals surface area contributed by atoms with Crippen molar-refractivity contribution in [3.63, 3.8) is 0 Å². The number of primary amides is 1. The molecule has 3 nitrogen and oxygen atoms in total. The van der Waals surface area contributed by atoms with Crippen LogP contribution in [0.3, 0.4) is 0 Å². The molecule has 1 aromatic carbocycles. The monoisotopic (exact) mass is 205 g/mol. The molecule has 0 fully saturated rings. The first-order valence-corrected chi connectivity index (χ1v) is 5.08. The van der Waals surface area contributed by atoms with E-state index >= 15 is 0 Å². The summed E-state index contributed by atoms with van der Waals surface area (Å²) in [6, 6.07) is 7.82. The number of para-hydroxylation sites is 1. The van der Waals surface area contributed by atoms with Crippen LogP contribution in [0.5, 0.6) is 5.75 Å². The van der Waals surface area contributed by atoms with Crippen molar-refractivity contribution in [2.45, 2.75) is 31.8 Å². The fourth-order valence-electron chi connectivity index (χ4n) is 2.18. The maximum atomic E-state index is 11.1. The Labute approximate surface area is 89.2 Å². The number of ether oxygens (including phenoxy) is 1. The maximum absolute atomic E-state index is 11.1. The summed E-state index contributed by atoms with van der Waals surface area (Å²) in [6.07, 6.45) is 0.313. The van der Waals surface area contributed by atoms with Crippen molar-refractivity contribution in [1.82, 2.24) is 0 Å². The van der Waals surface area contributed by atoms with E-state index in [4.69, 9.17) is 10.5 Å². The number of rotatable bonds is 2. The van der Waals surface area contributed by atoms with Crippen molar-refractivity contribution in [3.8, 4) is 5.75 Å². The van der Waals surface area contributed by atoms with Crippen LogP contribution in [0.4, 0.5) is 0 Å². The molecule has 0 saturated heterocycles. The van der Waals surface area contributed by atoms with E-state index in [1.54, 1.807) is 0 Å². The van der Waals surface area contributed by atoms with E-state index in [0.29, 0.717) is 6.42 Å². The largest absolute Gasteiger partial charge is 0.489 e. The van der Waals surface area contributed by atoms with Gasteiger partial charge in [-0.05, 0) is 13.0 Å². The second-order valence-electron chi connectivity index (χ2n) is 4.32. The first-order valence-electron chi connectivity index (χ1n) is 5.08. The Bertz CT molecular complexity index is 402. The molecule has 0 bridgehead atoms. The Kier molecular flexibility index (Phi) is 2.18. The van der Waals surface area contributed by atoms with Crippen LogP contribution in [-0.4, -0.2) is 12.0 Å². The summed E-state index contributed by atoms with van der Waals surface area (Å²) < 4.78 is 5.72. The van der Waals surface area contributed by atoms with Crippen molar-refractivity contribution < 1.29 is 9.53 Å². The minimum atomic E-state index is -0.289. The molecule has 1 aliphatic rings. The third-order valence-electron chi connectivity index (χ3n) is 3.24.